The van der Waals surface area contributed by atoms with E-state index in [1.54, 1.807) is 30.3 Å². The molecule has 0 radical (unpaired) electrons. The topological polar surface area (TPSA) is 37.3 Å². The van der Waals surface area contributed by atoms with Gasteiger partial charge in [0.05, 0.1) is 0 Å². The molecule has 0 aliphatic heterocycles. The summed E-state index contributed by atoms with van der Waals surface area (Å²) in [7, 11) is -3.15. The lowest BCUT2D eigenvalue weighted by molar-refractivity contribution is 0.488. The molecular formula is C13H17O2P. The quantitative estimate of drug-likeness (QED) is 0.468. The Labute approximate surface area is 96.8 Å². The second kappa shape index (κ2) is 6.47. The summed E-state index contributed by atoms with van der Waals surface area (Å²) < 4.78 is 12.0. The maximum Gasteiger partial charge on any atom is 0.229 e. The summed E-state index contributed by atoms with van der Waals surface area (Å²) in [6.45, 7) is 3.56. The molecule has 86 valence electrons. The van der Waals surface area contributed by atoms with Crippen LogP contribution in [0.25, 0.3) is 0 Å². The summed E-state index contributed by atoms with van der Waals surface area (Å²) >= 11 is 0. The Hall–Kier alpha value is -1.11. The summed E-state index contributed by atoms with van der Waals surface area (Å²) in [5.74, 6) is 0. The largest absolute Gasteiger partial charge is 0.341 e. The highest BCUT2D eigenvalue weighted by molar-refractivity contribution is 7.66. The molecule has 1 unspecified atom stereocenters. The molecule has 0 heterocycles. The Morgan fingerprint density at radius 3 is 2.62 bits per heavy atom. The zero-order chi connectivity index (χ0) is 11.9. The van der Waals surface area contributed by atoms with Gasteiger partial charge in [-0.25, -0.2) is 0 Å². The SMILES string of the molecule is C=C/C=C/CCCP(=O)(O)c1ccccc1. The lowest BCUT2D eigenvalue weighted by Gasteiger charge is -2.10. The summed E-state index contributed by atoms with van der Waals surface area (Å²) in [5.41, 5.74) is 0. The summed E-state index contributed by atoms with van der Waals surface area (Å²) in [5, 5.41) is 0.544. The lowest BCUT2D eigenvalue weighted by atomic mass is 10.3. The maximum absolute atomic E-state index is 12.0. The zero-order valence-electron chi connectivity index (χ0n) is 9.25. The summed E-state index contributed by atoms with van der Waals surface area (Å²) in [4.78, 5) is 9.85. The zero-order valence-corrected chi connectivity index (χ0v) is 10.1. The van der Waals surface area contributed by atoms with Crippen molar-refractivity contribution in [2.75, 3.05) is 6.16 Å². The van der Waals surface area contributed by atoms with Gasteiger partial charge in [-0.2, -0.15) is 0 Å². The fraction of sp³-hybridized carbons (Fsp3) is 0.231. The Bertz CT molecular complexity index is 396. The Balaban J connectivity index is 2.50. The third-order valence-corrected chi connectivity index (χ3v) is 4.29. The molecule has 0 spiro atoms. The molecule has 0 amide bonds. The Kier molecular flexibility index (Phi) is 5.24. The number of benzene rings is 1. The van der Waals surface area contributed by atoms with Gasteiger partial charge in [-0.1, -0.05) is 43.0 Å². The monoisotopic (exact) mass is 236 g/mol. The molecule has 1 aromatic rings. The van der Waals surface area contributed by atoms with Gasteiger partial charge in [0.25, 0.3) is 0 Å². The number of rotatable bonds is 6. The van der Waals surface area contributed by atoms with Crippen LogP contribution >= 0.6 is 7.37 Å². The van der Waals surface area contributed by atoms with Gasteiger partial charge >= 0.3 is 0 Å². The predicted molar refractivity (Wildman–Crippen MR) is 69.3 cm³/mol. The number of unbranched alkanes of at least 4 members (excludes halogenated alkanes) is 1. The van der Waals surface area contributed by atoms with E-state index in [1.165, 1.54) is 0 Å². The van der Waals surface area contributed by atoms with Crippen LogP contribution in [0, 0.1) is 0 Å². The van der Waals surface area contributed by atoms with E-state index in [-0.39, 0.29) is 0 Å². The summed E-state index contributed by atoms with van der Waals surface area (Å²) in [6, 6.07) is 8.84. The van der Waals surface area contributed by atoms with Crippen molar-refractivity contribution in [3.63, 3.8) is 0 Å². The molecule has 0 saturated carbocycles. The van der Waals surface area contributed by atoms with E-state index in [4.69, 9.17) is 0 Å². The molecule has 0 aliphatic rings. The van der Waals surface area contributed by atoms with Crippen LogP contribution in [-0.2, 0) is 4.57 Å². The van der Waals surface area contributed by atoms with Crippen molar-refractivity contribution in [1.29, 1.82) is 0 Å². The average Bonchev–Trinajstić information content (AvgIpc) is 2.30. The Morgan fingerprint density at radius 2 is 2.00 bits per heavy atom. The van der Waals surface area contributed by atoms with Crippen LogP contribution in [0.3, 0.4) is 0 Å². The fourth-order valence-corrected chi connectivity index (χ4v) is 2.91. The first-order valence-corrected chi connectivity index (χ1v) is 7.16. The molecule has 1 N–H and O–H groups in total. The highest BCUT2D eigenvalue weighted by atomic mass is 31.2. The fourth-order valence-electron chi connectivity index (χ4n) is 1.41. The highest BCUT2D eigenvalue weighted by Crippen LogP contribution is 2.39. The third-order valence-electron chi connectivity index (χ3n) is 2.26. The molecule has 1 atom stereocenters. The normalized spacial score (nSPS) is 14.8. The van der Waals surface area contributed by atoms with E-state index in [0.717, 1.165) is 6.42 Å². The van der Waals surface area contributed by atoms with Crippen LogP contribution in [0.1, 0.15) is 12.8 Å². The van der Waals surface area contributed by atoms with Crippen molar-refractivity contribution < 1.29 is 9.46 Å². The van der Waals surface area contributed by atoms with Crippen LogP contribution < -0.4 is 5.30 Å². The Morgan fingerprint density at radius 1 is 1.31 bits per heavy atom. The number of hydrogen-bond acceptors (Lipinski definition) is 1. The second-order valence-electron chi connectivity index (χ2n) is 3.57. The molecule has 0 bridgehead atoms. The number of allylic oxidation sites excluding steroid dienone is 3. The number of hydrogen-bond donors (Lipinski definition) is 1. The van der Waals surface area contributed by atoms with Gasteiger partial charge in [-0.05, 0) is 25.0 Å². The second-order valence-corrected chi connectivity index (χ2v) is 5.93. The standard InChI is InChI=1S/C13H17O2P/c1-2-3-4-5-9-12-16(14,15)13-10-7-6-8-11-13/h2-4,6-8,10-11H,1,5,9,12H2,(H,14,15)/b4-3+. The van der Waals surface area contributed by atoms with E-state index >= 15 is 0 Å². The van der Waals surface area contributed by atoms with Gasteiger partial charge in [0, 0.05) is 11.5 Å². The van der Waals surface area contributed by atoms with E-state index in [2.05, 4.69) is 6.58 Å². The summed E-state index contributed by atoms with van der Waals surface area (Å²) in [6.07, 6.45) is 7.37. The first-order chi connectivity index (χ1) is 7.67. The van der Waals surface area contributed by atoms with Crippen LogP contribution in [0.4, 0.5) is 0 Å². The molecule has 0 aliphatic carbocycles. The first-order valence-electron chi connectivity index (χ1n) is 5.32. The van der Waals surface area contributed by atoms with Gasteiger partial charge in [0.15, 0.2) is 0 Å². The molecule has 3 heteroatoms. The van der Waals surface area contributed by atoms with Crippen molar-refractivity contribution in [3.05, 3.63) is 55.1 Å². The minimum atomic E-state index is -3.15. The van der Waals surface area contributed by atoms with Crippen molar-refractivity contribution in [1.82, 2.24) is 0 Å². The van der Waals surface area contributed by atoms with Crippen LogP contribution in [0.15, 0.2) is 55.1 Å². The first kappa shape index (κ1) is 13.0. The van der Waals surface area contributed by atoms with E-state index in [9.17, 15) is 9.46 Å². The van der Waals surface area contributed by atoms with Crippen LogP contribution in [0.2, 0.25) is 0 Å². The van der Waals surface area contributed by atoms with Crippen molar-refractivity contribution in [2.24, 2.45) is 0 Å². The maximum atomic E-state index is 12.0. The van der Waals surface area contributed by atoms with E-state index in [0.29, 0.717) is 17.9 Å². The third kappa shape index (κ3) is 4.18. The minimum absolute atomic E-state index is 0.332. The smallest absolute Gasteiger partial charge is 0.229 e. The van der Waals surface area contributed by atoms with Gasteiger partial charge in [0.2, 0.25) is 7.37 Å². The molecule has 0 aromatic heterocycles. The molecule has 16 heavy (non-hydrogen) atoms. The van der Waals surface area contributed by atoms with Crippen LogP contribution in [0.5, 0.6) is 0 Å². The molecule has 2 nitrogen and oxygen atoms in total. The molecule has 0 saturated heterocycles. The van der Waals surface area contributed by atoms with Gasteiger partial charge < -0.3 is 4.89 Å². The minimum Gasteiger partial charge on any atom is -0.341 e. The van der Waals surface area contributed by atoms with Gasteiger partial charge in [-0.15, -0.1) is 0 Å². The van der Waals surface area contributed by atoms with Crippen molar-refractivity contribution in [2.45, 2.75) is 12.8 Å². The molecular weight excluding hydrogens is 219 g/mol. The van der Waals surface area contributed by atoms with Crippen molar-refractivity contribution in [3.8, 4) is 0 Å². The van der Waals surface area contributed by atoms with Crippen LogP contribution in [-0.4, -0.2) is 11.1 Å². The van der Waals surface area contributed by atoms with Crippen molar-refractivity contribution >= 4 is 12.7 Å². The van der Waals surface area contributed by atoms with E-state index < -0.39 is 7.37 Å². The average molecular weight is 236 g/mol. The molecule has 1 rings (SSSR count). The highest BCUT2D eigenvalue weighted by Gasteiger charge is 2.19. The predicted octanol–water partition coefficient (Wildman–Crippen LogP) is 3.10. The molecule has 1 aromatic carbocycles. The van der Waals surface area contributed by atoms with Gasteiger partial charge in [0.1, 0.15) is 0 Å². The lowest BCUT2D eigenvalue weighted by Crippen LogP contribution is -2.06. The van der Waals surface area contributed by atoms with Gasteiger partial charge in [-0.3, -0.25) is 4.57 Å². The molecule has 0 fully saturated rings. The van der Waals surface area contributed by atoms with E-state index in [1.807, 2.05) is 18.2 Å².